The molecule has 0 unspecified atom stereocenters. The SMILES string of the molecule is N.O=C(OCC12CC3CC(CC(C3)C1)C2)C(F)(F)S(=O)(=O)O. The number of alkyl halides is 2. The first-order chi connectivity index (χ1) is 9.61. The van der Waals surface area contributed by atoms with Gasteiger partial charge in [-0.1, -0.05) is 0 Å². The molecule has 9 heteroatoms. The number of carbonyl (C=O) groups excluding carboxylic acids is 1. The van der Waals surface area contributed by atoms with E-state index in [1.54, 1.807) is 0 Å². The van der Waals surface area contributed by atoms with Crippen molar-refractivity contribution in [2.24, 2.45) is 23.2 Å². The number of halogens is 2. The van der Waals surface area contributed by atoms with Crippen molar-refractivity contribution in [3.63, 3.8) is 0 Å². The van der Waals surface area contributed by atoms with Crippen LogP contribution in [0.3, 0.4) is 0 Å². The molecule has 0 heterocycles. The summed E-state index contributed by atoms with van der Waals surface area (Å²) >= 11 is 0. The van der Waals surface area contributed by atoms with Gasteiger partial charge in [-0.25, -0.2) is 4.79 Å². The van der Waals surface area contributed by atoms with Crippen LogP contribution in [-0.4, -0.2) is 30.8 Å². The van der Waals surface area contributed by atoms with Gasteiger partial charge in [0.2, 0.25) is 0 Å². The van der Waals surface area contributed by atoms with Crippen molar-refractivity contribution < 1.29 is 31.3 Å². The van der Waals surface area contributed by atoms with Gasteiger partial charge in [0.25, 0.3) is 0 Å². The Labute approximate surface area is 127 Å². The van der Waals surface area contributed by atoms with Crippen molar-refractivity contribution in [3.05, 3.63) is 0 Å². The first-order valence-corrected chi connectivity index (χ1v) is 8.57. The van der Waals surface area contributed by atoms with E-state index in [2.05, 4.69) is 4.74 Å². The number of esters is 1. The van der Waals surface area contributed by atoms with E-state index in [1.165, 1.54) is 0 Å². The average Bonchev–Trinajstić information content (AvgIpc) is 2.32. The van der Waals surface area contributed by atoms with Crippen LogP contribution in [0, 0.1) is 23.2 Å². The highest BCUT2D eigenvalue weighted by Gasteiger charge is 2.56. The number of carbonyl (C=O) groups is 1. The molecule has 4 N–H and O–H groups in total. The molecule has 4 aliphatic carbocycles. The van der Waals surface area contributed by atoms with Gasteiger partial charge >= 0.3 is 21.3 Å². The van der Waals surface area contributed by atoms with Crippen molar-refractivity contribution in [1.82, 2.24) is 6.15 Å². The molecule has 0 atom stereocenters. The lowest BCUT2D eigenvalue weighted by atomic mass is 9.50. The van der Waals surface area contributed by atoms with Crippen LogP contribution in [0.2, 0.25) is 0 Å². The van der Waals surface area contributed by atoms with Crippen LogP contribution in [0.15, 0.2) is 0 Å². The largest absolute Gasteiger partial charge is 0.465 e. The monoisotopic (exact) mass is 341 g/mol. The van der Waals surface area contributed by atoms with Gasteiger partial charge in [-0.15, -0.1) is 0 Å². The van der Waals surface area contributed by atoms with Gasteiger partial charge < -0.3 is 10.9 Å². The minimum absolute atomic E-state index is 0. The van der Waals surface area contributed by atoms with Gasteiger partial charge in [0, 0.05) is 5.41 Å². The Hall–Kier alpha value is -0.800. The maximum Gasteiger partial charge on any atom is 0.465 e. The lowest BCUT2D eigenvalue weighted by molar-refractivity contribution is -0.172. The normalized spacial score (nSPS) is 36.8. The molecular formula is C13H21F2NO5S. The lowest BCUT2D eigenvalue weighted by Gasteiger charge is -2.56. The van der Waals surface area contributed by atoms with Gasteiger partial charge in [-0.2, -0.15) is 17.2 Å². The first-order valence-electron chi connectivity index (χ1n) is 7.13. The molecule has 4 fully saturated rings. The fraction of sp³-hybridized carbons (Fsp3) is 0.923. The molecule has 4 saturated carbocycles. The van der Waals surface area contributed by atoms with Crippen molar-refractivity contribution >= 4 is 16.1 Å². The van der Waals surface area contributed by atoms with E-state index in [-0.39, 0.29) is 18.2 Å². The number of rotatable bonds is 4. The fourth-order valence-electron chi connectivity index (χ4n) is 4.87. The molecule has 0 aromatic heterocycles. The molecule has 4 rings (SSSR count). The average molecular weight is 341 g/mol. The van der Waals surface area contributed by atoms with Crippen LogP contribution in [0.4, 0.5) is 8.78 Å². The van der Waals surface area contributed by atoms with Crippen LogP contribution >= 0.6 is 0 Å². The first kappa shape index (κ1) is 17.6. The second kappa shape index (κ2) is 5.38. The molecule has 128 valence electrons. The third-order valence-electron chi connectivity index (χ3n) is 5.24. The van der Waals surface area contributed by atoms with Crippen LogP contribution in [-0.2, 0) is 19.6 Å². The minimum Gasteiger partial charge on any atom is -0.460 e. The molecule has 6 nitrogen and oxygen atoms in total. The molecule has 0 saturated heterocycles. The van der Waals surface area contributed by atoms with Crippen molar-refractivity contribution in [2.75, 3.05) is 6.61 Å². The summed E-state index contributed by atoms with van der Waals surface area (Å²) in [4.78, 5) is 11.3. The van der Waals surface area contributed by atoms with E-state index >= 15 is 0 Å². The van der Waals surface area contributed by atoms with Gasteiger partial charge in [0.1, 0.15) is 0 Å². The smallest absolute Gasteiger partial charge is 0.460 e. The van der Waals surface area contributed by atoms with Crippen LogP contribution < -0.4 is 6.15 Å². The Bertz CT molecular complexity index is 527. The lowest BCUT2D eigenvalue weighted by Crippen LogP contribution is -2.49. The summed E-state index contributed by atoms with van der Waals surface area (Å²) in [5, 5.41) is -4.89. The Morgan fingerprint density at radius 1 is 1.14 bits per heavy atom. The molecule has 4 aliphatic rings. The van der Waals surface area contributed by atoms with Crippen LogP contribution in [0.5, 0.6) is 0 Å². The van der Waals surface area contributed by atoms with E-state index in [4.69, 9.17) is 4.55 Å². The summed E-state index contributed by atoms with van der Waals surface area (Å²) in [6.07, 6.45) is 6.04. The van der Waals surface area contributed by atoms with E-state index in [0.717, 1.165) is 38.5 Å². The second-order valence-electron chi connectivity index (χ2n) is 6.99. The zero-order valence-electron chi connectivity index (χ0n) is 12.1. The summed E-state index contributed by atoms with van der Waals surface area (Å²) in [7, 11) is -5.79. The fourth-order valence-corrected chi connectivity index (χ4v) is 5.14. The van der Waals surface area contributed by atoms with Gasteiger partial charge in [-0.3, -0.25) is 4.55 Å². The molecule has 0 aliphatic heterocycles. The Morgan fingerprint density at radius 3 is 1.91 bits per heavy atom. The van der Waals surface area contributed by atoms with Crippen LogP contribution in [0.1, 0.15) is 38.5 Å². The predicted octanol–water partition coefficient (Wildman–Crippen LogP) is 2.39. The highest BCUT2D eigenvalue weighted by molar-refractivity contribution is 7.87. The Balaban J connectivity index is 0.00000176. The summed E-state index contributed by atoms with van der Waals surface area (Å²) in [6.45, 7) is -0.180. The third kappa shape index (κ3) is 2.85. The molecule has 0 aromatic carbocycles. The maximum absolute atomic E-state index is 13.2. The number of ether oxygens (including phenoxy) is 1. The summed E-state index contributed by atoms with van der Waals surface area (Å²) in [5.74, 6) is -0.480. The van der Waals surface area contributed by atoms with Crippen molar-refractivity contribution in [3.8, 4) is 0 Å². The van der Waals surface area contributed by atoms with Crippen molar-refractivity contribution in [1.29, 1.82) is 0 Å². The molecule has 4 bridgehead atoms. The van der Waals surface area contributed by atoms with Gasteiger partial charge in [0.05, 0.1) is 6.61 Å². The van der Waals surface area contributed by atoms with E-state index in [0.29, 0.717) is 17.8 Å². The van der Waals surface area contributed by atoms with Crippen molar-refractivity contribution in [2.45, 2.75) is 43.8 Å². The molecule has 22 heavy (non-hydrogen) atoms. The summed E-state index contributed by atoms with van der Waals surface area (Å²) in [5.41, 5.74) is -0.278. The zero-order valence-corrected chi connectivity index (χ0v) is 12.9. The minimum atomic E-state index is -5.79. The Morgan fingerprint density at radius 2 is 1.55 bits per heavy atom. The van der Waals surface area contributed by atoms with Gasteiger partial charge in [-0.05, 0) is 56.3 Å². The predicted molar refractivity (Wildman–Crippen MR) is 73.1 cm³/mol. The number of hydrogen-bond donors (Lipinski definition) is 2. The molecule has 0 aromatic rings. The standard InChI is InChI=1S/C13H18F2O5S.H3N/c14-13(15,21(17,18)19)11(16)20-7-12-4-8-1-9(5-12)3-10(2-8)6-12;/h8-10H,1-7H2,(H,17,18,19);1H3. The molecule has 0 amide bonds. The molecular weight excluding hydrogens is 320 g/mol. The highest BCUT2D eigenvalue weighted by Crippen LogP contribution is 2.60. The van der Waals surface area contributed by atoms with Gasteiger partial charge in [0.15, 0.2) is 0 Å². The quantitative estimate of drug-likeness (QED) is 0.599. The van der Waals surface area contributed by atoms with Crippen LogP contribution in [0.25, 0.3) is 0 Å². The topological polar surface area (TPSA) is 116 Å². The second-order valence-corrected chi connectivity index (χ2v) is 8.45. The zero-order chi connectivity index (χ0) is 15.5. The summed E-state index contributed by atoms with van der Waals surface area (Å²) in [6, 6.07) is 0. The highest BCUT2D eigenvalue weighted by atomic mass is 32.2. The Kier molecular flexibility index (Phi) is 4.29. The third-order valence-corrected chi connectivity index (χ3v) is 6.05. The summed E-state index contributed by atoms with van der Waals surface area (Å²) < 4.78 is 60.4. The maximum atomic E-state index is 13.2. The van der Waals surface area contributed by atoms with E-state index in [1.807, 2.05) is 0 Å². The van der Waals surface area contributed by atoms with E-state index in [9.17, 15) is 22.0 Å². The number of hydrogen-bond acceptors (Lipinski definition) is 5. The molecule has 0 spiro atoms. The molecule has 0 radical (unpaired) electrons. The van der Waals surface area contributed by atoms with E-state index < -0.39 is 21.3 Å².